The van der Waals surface area contributed by atoms with Gasteiger partial charge in [-0.1, -0.05) is 59.7 Å². The van der Waals surface area contributed by atoms with Crippen LogP contribution in [0.2, 0.25) is 0 Å². The Kier molecular flexibility index (Phi) is 6.00. The molecule has 1 unspecified atom stereocenters. The third-order valence-corrected chi connectivity index (χ3v) is 9.02. The molecule has 0 amide bonds. The highest BCUT2D eigenvalue weighted by atomic mass is 79.9. The minimum absolute atomic E-state index is 0.0361. The second kappa shape index (κ2) is 8.22. The molecule has 0 fully saturated rings. The lowest BCUT2D eigenvalue weighted by atomic mass is 9.71. The van der Waals surface area contributed by atoms with Crippen LogP contribution in [0.15, 0.2) is 66.5 Å². The van der Waals surface area contributed by atoms with Gasteiger partial charge in [-0.15, -0.1) is 23.1 Å². The molecule has 4 rings (SSSR count). The summed E-state index contributed by atoms with van der Waals surface area (Å²) in [4.78, 5) is 28.8. The van der Waals surface area contributed by atoms with Crippen LogP contribution in [0.5, 0.6) is 0 Å². The average Bonchev–Trinajstić information content (AvgIpc) is 3.20. The van der Waals surface area contributed by atoms with Crippen LogP contribution >= 0.6 is 50.8 Å². The molecule has 2 aromatic rings. The number of benzene rings is 1. The van der Waals surface area contributed by atoms with E-state index in [9.17, 15) is 9.59 Å². The van der Waals surface area contributed by atoms with E-state index in [-0.39, 0.29) is 22.9 Å². The van der Waals surface area contributed by atoms with Gasteiger partial charge in [0.15, 0.2) is 5.78 Å². The maximum atomic E-state index is 13.6. The van der Waals surface area contributed by atoms with E-state index in [1.165, 1.54) is 11.3 Å². The van der Waals surface area contributed by atoms with E-state index in [0.29, 0.717) is 6.42 Å². The van der Waals surface area contributed by atoms with Gasteiger partial charge in [0.1, 0.15) is 0 Å². The Morgan fingerprint density at radius 3 is 2.52 bits per heavy atom. The molecule has 1 aromatic heterocycles. The van der Waals surface area contributed by atoms with Crippen LogP contribution in [0, 0.1) is 5.41 Å². The van der Waals surface area contributed by atoms with Crippen molar-refractivity contribution in [1.29, 1.82) is 0 Å². The lowest BCUT2D eigenvalue weighted by Gasteiger charge is -2.38. The smallest absolute Gasteiger partial charge is 0.201 e. The van der Waals surface area contributed by atoms with Crippen molar-refractivity contribution in [2.75, 3.05) is 6.26 Å². The van der Waals surface area contributed by atoms with Crippen LogP contribution in [-0.2, 0) is 4.79 Å². The summed E-state index contributed by atoms with van der Waals surface area (Å²) in [6, 6.07) is 11.8. The quantitative estimate of drug-likeness (QED) is 0.405. The van der Waals surface area contributed by atoms with Crippen molar-refractivity contribution in [2.24, 2.45) is 5.41 Å². The number of rotatable bonds is 4. The molecule has 1 aliphatic heterocycles. The molecule has 1 aliphatic carbocycles. The van der Waals surface area contributed by atoms with Gasteiger partial charge in [0.05, 0.1) is 9.11 Å². The Bertz CT molecular complexity index is 1030. The first kappa shape index (κ1) is 21.2. The lowest BCUT2D eigenvalue weighted by Crippen LogP contribution is -2.31. The summed E-state index contributed by atoms with van der Waals surface area (Å²) in [5.41, 5.74) is 2.53. The van der Waals surface area contributed by atoms with Crippen molar-refractivity contribution in [3.63, 3.8) is 0 Å². The van der Waals surface area contributed by atoms with Crippen molar-refractivity contribution in [2.45, 2.75) is 32.6 Å². The molecule has 29 heavy (non-hydrogen) atoms. The Labute approximate surface area is 192 Å². The van der Waals surface area contributed by atoms with E-state index in [1.807, 2.05) is 48.0 Å². The largest absolute Gasteiger partial charge is 0.294 e. The number of allylic oxidation sites excluding steroid dienone is 3. The summed E-state index contributed by atoms with van der Waals surface area (Å²) < 4.78 is 2.00. The van der Waals surface area contributed by atoms with Gasteiger partial charge in [-0.05, 0) is 52.1 Å². The van der Waals surface area contributed by atoms with Gasteiger partial charge in [0, 0.05) is 28.0 Å². The fourth-order valence-corrected chi connectivity index (χ4v) is 7.38. The van der Waals surface area contributed by atoms with E-state index in [4.69, 9.17) is 0 Å². The third-order valence-electron chi connectivity index (χ3n) is 5.27. The minimum atomic E-state index is -0.306. The summed E-state index contributed by atoms with van der Waals surface area (Å²) in [7, 11) is 0. The van der Waals surface area contributed by atoms with E-state index >= 15 is 0 Å². The number of halogens is 1. The molecule has 0 saturated carbocycles. The first-order valence-corrected chi connectivity index (χ1v) is 13.1. The monoisotopic (exact) mass is 504 g/mol. The molecular weight excluding hydrogens is 484 g/mol. The van der Waals surface area contributed by atoms with E-state index in [0.717, 1.165) is 41.6 Å². The molecule has 1 atom stereocenters. The lowest BCUT2D eigenvalue weighted by molar-refractivity contribution is -0.118. The van der Waals surface area contributed by atoms with Gasteiger partial charge in [0.2, 0.25) is 5.78 Å². The number of thioether (sulfide) groups is 2. The first-order chi connectivity index (χ1) is 13.8. The van der Waals surface area contributed by atoms with Gasteiger partial charge in [-0.2, -0.15) is 0 Å². The third kappa shape index (κ3) is 4.09. The van der Waals surface area contributed by atoms with Crippen molar-refractivity contribution in [1.82, 2.24) is 0 Å². The van der Waals surface area contributed by atoms with Crippen LogP contribution in [0.1, 0.15) is 47.8 Å². The van der Waals surface area contributed by atoms with Crippen LogP contribution < -0.4 is 0 Å². The summed E-state index contributed by atoms with van der Waals surface area (Å²) in [6.45, 7) is 4.30. The highest BCUT2D eigenvalue weighted by Gasteiger charge is 2.43. The summed E-state index contributed by atoms with van der Waals surface area (Å²) in [5, 5.41) is 1.93. The predicted octanol–water partition coefficient (Wildman–Crippen LogP) is 7.44. The molecule has 0 saturated heterocycles. The van der Waals surface area contributed by atoms with E-state index in [1.54, 1.807) is 23.5 Å². The van der Waals surface area contributed by atoms with Crippen LogP contribution in [0.4, 0.5) is 0 Å². The maximum Gasteiger partial charge on any atom is 0.201 e. The normalized spacial score (nSPS) is 21.4. The number of hydrogen-bond acceptors (Lipinski definition) is 5. The maximum absolute atomic E-state index is 13.6. The van der Waals surface area contributed by atoms with Crippen molar-refractivity contribution in [3.8, 4) is 0 Å². The molecule has 6 heteroatoms. The summed E-state index contributed by atoms with van der Waals surface area (Å²) >= 11 is 8.20. The van der Waals surface area contributed by atoms with Gasteiger partial charge in [0.25, 0.3) is 0 Å². The molecule has 1 aromatic carbocycles. The molecule has 0 bridgehead atoms. The molecule has 2 nitrogen and oxygen atoms in total. The highest BCUT2D eigenvalue weighted by molar-refractivity contribution is 9.10. The average molecular weight is 506 g/mol. The van der Waals surface area contributed by atoms with E-state index in [2.05, 4.69) is 29.8 Å². The molecule has 0 spiro atoms. The van der Waals surface area contributed by atoms with Crippen molar-refractivity contribution >= 4 is 62.4 Å². The zero-order valence-electron chi connectivity index (χ0n) is 16.5. The predicted molar refractivity (Wildman–Crippen MR) is 129 cm³/mol. The molecule has 150 valence electrons. The Morgan fingerprint density at radius 1 is 1.17 bits per heavy atom. The number of hydrogen-bond donors (Lipinski definition) is 0. The van der Waals surface area contributed by atoms with Gasteiger partial charge < -0.3 is 0 Å². The molecular formula is C23H21BrO2S3. The number of carbonyl (C=O) groups excluding carboxylic acids is 2. The van der Waals surface area contributed by atoms with Gasteiger partial charge in [-0.25, -0.2) is 0 Å². The SMILES string of the molecule is CSC1=C(C(=O)c2cccs2)C(c2ccc(Br)cc2)C2=C(CC(C)(C)CC2=O)S1. The topological polar surface area (TPSA) is 34.1 Å². The van der Waals surface area contributed by atoms with Crippen LogP contribution in [0.3, 0.4) is 0 Å². The summed E-state index contributed by atoms with van der Waals surface area (Å²) in [5.74, 6) is -0.0951. The highest BCUT2D eigenvalue weighted by Crippen LogP contribution is 2.56. The molecule has 2 heterocycles. The first-order valence-electron chi connectivity index (χ1n) is 9.36. The fraction of sp³-hybridized carbons (Fsp3) is 0.304. The van der Waals surface area contributed by atoms with Gasteiger partial charge in [-0.3, -0.25) is 9.59 Å². The number of ketones is 2. The zero-order valence-corrected chi connectivity index (χ0v) is 20.5. The fourth-order valence-electron chi connectivity index (χ4n) is 4.02. The van der Waals surface area contributed by atoms with Crippen LogP contribution in [-0.4, -0.2) is 17.8 Å². The van der Waals surface area contributed by atoms with Crippen LogP contribution in [0.25, 0.3) is 0 Å². The number of Topliss-reactive ketones (excluding diaryl/α,β-unsaturated/α-hetero) is 2. The Morgan fingerprint density at radius 2 is 1.90 bits per heavy atom. The zero-order chi connectivity index (χ0) is 20.8. The molecule has 2 aliphatic rings. The van der Waals surface area contributed by atoms with E-state index < -0.39 is 0 Å². The Balaban J connectivity index is 1.92. The van der Waals surface area contributed by atoms with Crippen molar-refractivity contribution in [3.05, 3.63) is 77.0 Å². The number of thiophene rings is 1. The molecule has 0 N–H and O–H groups in total. The van der Waals surface area contributed by atoms with Crippen molar-refractivity contribution < 1.29 is 9.59 Å². The Hall–Kier alpha value is -1.08. The second-order valence-corrected chi connectivity index (χ2v) is 12.1. The number of carbonyl (C=O) groups is 2. The van der Waals surface area contributed by atoms with Gasteiger partial charge >= 0.3 is 0 Å². The second-order valence-electron chi connectivity index (χ2n) is 8.08. The standard InChI is InChI=1S/C23H21BrO2S3/c1-23(2)11-15(25)19-17(12-23)29-22(27-3)20(21(26)16-5-4-10-28-16)18(19)13-6-8-14(24)9-7-13/h4-10,18H,11-12H2,1-3H3. The minimum Gasteiger partial charge on any atom is -0.294 e. The molecule has 0 radical (unpaired) electrons. The summed E-state index contributed by atoms with van der Waals surface area (Å²) in [6.07, 6.45) is 3.41.